The molecule has 0 spiro atoms. The van der Waals surface area contributed by atoms with Crippen molar-refractivity contribution in [1.29, 1.82) is 0 Å². The molecule has 2 aliphatic carbocycles. The Hall–Kier alpha value is -1.14. The molecule has 0 radical (unpaired) electrons. The van der Waals surface area contributed by atoms with Crippen molar-refractivity contribution in [2.45, 2.75) is 68.1 Å². The molecule has 1 aromatic rings. The number of ketones is 1. The molecule has 160 valence electrons. The normalized spacial score (nSPS) is 36.1. The highest BCUT2D eigenvalue weighted by Gasteiger charge is 2.65. The quantitative estimate of drug-likeness (QED) is 0.746. The van der Waals surface area contributed by atoms with E-state index in [4.69, 9.17) is 14.2 Å². The molecule has 1 aromatic carbocycles. The van der Waals surface area contributed by atoms with Crippen LogP contribution >= 0.6 is 12.4 Å². The monoisotopic (exact) mass is 421 g/mol. The molecule has 2 aliphatic heterocycles. The molecule has 2 unspecified atom stereocenters. The largest absolute Gasteiger partial charge is 0.497 e. The van der Waals surface area contributed by atoms with Gasteiger partial charge in [0.15, 0.2) is 0 Å². The van der Waals surface area contributed by atoms with Crippen molar-refractivity contribution in [3.8, 4) is 5.75 Å². The Morgan fingerprint density at radius 3 is 2.86 bits per heavy atom. The van der Waals surface area contributed by atoms with Gasteiger partial charge in [0.25, 0.3) is 0 Å². The minimum atomic E-state index is -0.308. The first-order valence-electron chi connectivity index (χ1n) is 10.7. The van der Waals surface area contributed by atoms with Gasteiger partial charge in [0.1, 0.15) is 11.5 Å². The zero-order chi connectivity index (χ0) is 19.4. The van der Waals surface area contributed by atoms with Gasteiger partial charge >= 0.3 is 0 Å². The second kappa shape index (κ2) is 7.84. The topological polar surface area (TPSA) is 48.0 Å². The maximum atomic E-state index is 12.7. The van der Waals surface area contributed by atoms with E-state index in [-0.39, 0.29) is 23.4 Å². The van der Waals surface area contributed by atoms with E-state index in [1.807, 2.05) is 7.11 Å². The molecule has 1 saturated carbocycles. The highest BCUT2D eigenvalue weighted by Crippen LogP contribution is 2.59. The van der Waals surface area contributed by atoms with Crippen molar-refractivity contribution in [3.05, 3.63) is 29.3 Å². The third kappa shape index (κ3) is 3.04. The SMILES string of the molecule is COc1ccc2c(c1)[C@]13CCN(CC4CCCO4)[C@H](C2)C1(OC)CCC(=O)C3.Cl. The number of methoxy groups -OCH3 is 2. The molecule has 0 N–H and O–H groups in total. The van der Waals surface area contributed by atoms with Gasteiger partial charge in [-0.1, -0.05) is 6.07 Å². The number of hydrogen-bond acceptors (Lipinski definition) is 5. The minimum absolute atomic E-state index is 0. The van der Waals surface area contributed by atoms with Crippen molar-refractivity contribution in [2.75, 3.05) is 33.9 Å². The number of rotatable bonds is 4. The number of hydrogen-bond donors (Lipinski definition) is 0. The summed E-state index contributed by atoms with van der Waals surface area (Å²) in [5.41, 5.74) is 2.09. The molecule has 4 aliphatic rings. The summed E-state index contributed by atoms with van der Waals surface area (Å²) >= 11 is 0. The van der Waals surface area contributed by atoms with E-state index in [1.165, 1.54) is 17.5 Å². The molecule has 4 atom stereocenters. The first-order valence-corrected chi connectivity index (χ1v) is 10.7. The predicted octanol–water partition coefficient (Wildman–Crippen LogP) is 3.30. The zero-order valence-electron chi connectivity index (χ0n) is 17.4. The van der Waals surface area contributed by atoms with Gasteiger partial charge in [-0.15, -0.1) is 12.4 Å². The summed E-state index contributed by atoms with van der Waals surface area (Å²) in [7, 11) is 3.57. The van der Waals surface area contributed by atoms with Crippen LogP contribution in [0, 0.1) is 0 Å². The van der Waals surface area contributed by atoms with E-state index < -0.39 is 0 Å². The van der Waals surface area contributed by atoms with E-state index in [0.717, 1.165) is 51.1 Å². The summed E-state index contributed by atoms with van der Waals surface area (Å²) < 4.78 is 17.9. The lowest BCUT2D eigenvalue weighted by atomic mass is 9.49. The highest BCUT2D eigenvalue weighted by molar-refractivity contribution is 5.85. The summed E-state index contributed by atoms with van der Waals surface area (Å²) in [6.07, 6.45) is 6.60. The number of carbonyl (C=O) groups excluding carboxylic acids is 1. The molecule has 0 amide bonds. The number of fused-ring (bicyclic) bond motifs is 1. The van der Waals surface area contributed by atoms with Crippen LogP contribution in [0.1, 0.15) is 49.7 Å². The summed E-state index contributed by atoms with van der Waals surface area (Å²) in [6, 6.07) is 6.73. The van der Waals surface area contributed by atoms with Crippen molar-refractivity contribution < 1.29 is 19.0 Å². The number of likely N-dealkylation sites (tertiary alicyclic amines) is 1. The summed E-state index contributed by atoms with van der Waals surface area (Å²) in [5.74, 6) is 1.24. The van der Waals surface area contributed by atoms with Crippen LogP contribution in [0.2, 0.25) is 0 Å². The van der Waals surface area contributed by atoms with Crippen LogP contribution in [0.3, 0.4) is 0 Å². The lowest BCUT2D eigenvalue weighted by molar-refractivity contribution is -0.190. The number of benzene rings is 1. The van der Waals surface area contributed by atoms with Crippen LogP contribution in [0.5, 0.6) is 5.75 Å². The maximum Gasteiger partial charge on any atom is 0.134 e. The third-order valence-electron chi connectivity index (χ3n) is 7.96. The first kappa shape index (κ1) is 21.1. The Morgan fingerprint density at radius 1 is 1.28 bits per heavy atom. The minimum Gasteiger partial charge on any atom is -0.497 e. The van der Waals surface area contributed by atoms with Gasteiger partial charge in [-0.05, 0) is 61.9 Å². The standard InChI is InChI=1S/C23H31NO4.ClH/c1-26-18-6-5-16-12-21-23(27-2)8-7-17(25)14-22(23,20(16)13-18)9-10-24(21)15-19-4-3-11-28-19;/h5-6,13,19,21H,3-4,7-12,14-15H2,1-2H3;1H/t19?,21-,22-,23?;/m1./s1. The van der Waals surface area contributed by atoms with Crippen LogP contribution in [0.25, 0.3) is 0 Å². The van der Waals surface area contributed by atoms with Crippen LogP contribution in [0.4, 0.5) is 0 Å². The van der Waals surface area contributed by atoms with Gasteiger partial charge in [-0.3, -0.25) is 9.69 Å². The fourth-order valence-corrected chi connectivity index (χ4v) is 6.68. The molecule has 5 nitrogen and oxygen atoms in total. The molecular formula is C23H32ClNO4. The Balaban J connectivity index is 0.00000205. The van der Waals surface area contributed by atoms with Crippen molar-refractivity contribution >= 4 is 18.2 Å². The number of carbonyl (C=O) groups is 1. The fourth-order valence-electron chi connectivity index (χ4n) is 6.68. The van der Waals surface area contributed by atoms with Crippen LogP contribution < -0.4 is 4.74 Å². The van der Waals surface area contributed by atoms with Gasteiger partial charge in [0, 0.05) is 44.6 Å². The van der Waals surface area contributed by atoms with Gasteiger partial charge in [-0.25, -0.2) is 0 Å². The molecular weight excluding hydrogens is 390 g/mol. The number of ether oxygens (including phenoxy) is 3. The van der Waals surface area contributed by atoms with Gasteiger partial charge < -0.3 is 14.2 Å². The third-order valence-corrected chi connectivity index (χ3v) is 7.96. The molecule has 2 saturated heterocycles. The van der Waals surface area contributed by atoms with Crippen molar-refractivity contribution in [2.24, 2.45) is 0 Å². The molecule has 3 fully saturated rings. The maximum absolute atomic E-state index is 12.7. The van der Waals surface area contributed by atoms with Crippen LogP contribution in [-0.4, -0.2) is 62.3 Å². The van der Waals surface area contributed by atoms with Crippen molar-refractivity contribution in [1.82, 2.24) is 4.90 Å². The highest BCUT2D eigenvalue weighted by atomic mass is 35.5. The second-order valence-electron chi connectivity index (χ2n) is 9.01. The average molecular weight is 422 g/mol. The van der Waals surface area contributed by atoms with E-state index in [2.05, 4.69) is 23.1 Å². The number of halogens is 1. The lowest BCUT2D eigenvalue weighted by Crippen LogP contribution is -2.74. The zero-order valence-corrected chi connectivity index (χ0v) is 18.3. The van der Waals surface area contributed by atoms with E-state index in [9.17, 15) is 4.79 Å². The van der Waals surface area contributed by atoms with E-state index in [1.54, 1.807) is 7.11 Å². The Morgan fingerprint density at radius 2 is 2.14 bits per heavy atom. The first-order chi connectivity index (χ1) is 13.6. The molecule has 6 heteroatoms. The number of Topliss-reactive ketones (excluding diaryl/α,β-unsaturated/α-hetero) is 1. The Bertz CT molecular complexity index is 780. The molecule has 0 aromatic heterocycles. The number of piperidine rings is 1. The molecule has 29 heavy (non-hydrogen) atoms. The lowest BCUT2D eigenvalue weighted by Gasteiger charge is -2.65. The summed E-state index contributed by atoms with van der Waals surface area (Å²) in [5, 5.41) is 0. The summed E-state index contributed by atoms with van der Waals surface area (Å²) in [6.45, 7) is 2.87. The molecule has 2 bridgehead atoms. The van der Waals surface area contributed by atoms with Crippen LogP contribution in [0.15, 0.2) is 18.2 Å². The van der Waals surface area contributed by atoms with E-state index in [0.29, 0.717) is 30.8 Å². The van der Waals surface area contributed by atoms with Crippen LogP contribution in [-0.2, 0) is 26.1 Å². The Kier molecular flexibility index (Phi) is 5.71. The van der Waals surface area contributed by atoms with Gasteiger partial charge in [0.2, 0.25) is 0 Å². The van der Waals surface area contributed by atoms with Gasteiger partial charge in [-0.2, -0.15) is 0 Å². The van der Waals surface area contributed by atoms with E-state index >= 15 is 0 Å². The predicted molar refractivity (Wildman–Crippen MR) is 113 cm³/mol. The molecule has 2 heterocycles. The Labute approximate surface area is 179 Å². The second-order valence-corrected chi connectivity index (χ2v) is 9.01. The van der Waals surface area contributed by atoms with Gasteiger partial charge in [0.05, 0.1) is 18.8 Å². The number of nitrogens with zero attached hydrogens (tertiary/aromatic N) is 1. The fraction of sp³-hybridized carbons (Fsp3) is 0.696. The average Bonchev–Trinajstić information content (AvgIpc) is 3.22. The smallest absolute Gasteiger partial charge is 0.134 e. The molecule has 5 rings (SSSR count). The summed E-state index contributed by atoms with van der Waals surface area (Å²) in [4.78, 5) is 15.3. The van der Waals surface area contributed by atoms with Crippen molar-refractivity contribution in [3.63, 3.8) is 0 Å².